The molecular weight excluding hydrogens is 240 g/mol. The number of aryl methyl sites for hydroxylation is 1. The Bertz CT molecular complexity index is 537. The minimum absolute atomic E-state index is 0.0866. The van der Waals surface area contributed by atoms with Gasteiger partial charge in [-0.05, 0) is 31.2 Å². The SMILES string of the molecule is COc1ccc(Cl)cc1-n1nc(CO)cc1C. The summed E-state index contributed by atoms with van der Waals surface area (Å²) in [7, 11) is 1.60. The third-order valence-electron chi connectivity index (χ3n) is 2.47. The molecule has 0 aliphatic rings. The molecule has 1 aromatic carbocycles. The third-order valence-corrected chi connectivity index (χ3v) is 2.70. The van der Waals surface area contributed by atoms with Gasteiger partial charge in [-0.3, -0.25) is 0 Å². The maximum atomic E-state index is 9.07. The van der Waals surface area contributed by atoms with Crippen molar-refractivity contribution in [3.05, 3.63) is 40.7 Å². The van der Waals surface area contributed by atoms with Crippen molar-refractivity contribution in [2.45, 2.75) is 13.5 Å². The van der Waals surface area contributed by atoms with Crippen LogP contribution >= 0.6 is 11.6 Å². The Labute approximate surface area is 104 Å². The Balaban J connectivity index is 2.58. The molecule has 1 aromatic heterocycles. The predicted octanol–water partition coefficient (Wildman–Crippen LogP) is 2.34. The summed E-state index contributed by atoms with van der Waals surface area (Å²) in [4.78, 5) is 0. The second-order valence-corrected chi connectivity index (χ2v) is 4.10. The van der Waals surface area contributed by atoms with E-state index in [1.807, 2.05) is 13.0 Å². The molecule has 2 aromatic rings. The molecule has 90 valence electrons. The molecular formula is C12H13ClN2O2. The van der Waals surface area contributed by atoms with Crippen molar-refractivity contribution in [3.8, 4) is 11.4 Å². The van der Waals surface area contributed by atoms with E-state index in [4.69, 9.17) is 21.4 Å². The van der Waals surface area contributed by atoms with Gasteiger partial charge in [0.05, 0.1) is 19.4 Å². The van der Waals surface area contributed by atoms with E-state index in [2.05, 4.69) is 5.10 Å². The molecule has 0 bridgehead atoms. The first kappa shape index (κ1) is 12.0. The van der Waals surface area contributed by atoms with E-state index in [1.54, 1.807) is 30.0 Å². The zero-order valence-corrected chi connectivity index (χ0v) is 10.4. The number of benzene rings is 1. The zero-order chi connectivity index (χ0) is 12.4. The van der Waals surface area contributed by atoms with Crippen LogP contribution < -0.4 is 4.74 Å². The lowest BCUT2D eigenvalue weighted by atomic mass is 10.3. The number of aromatic nitrogens is 2. The second kappa shape index (κ2) is 4.77. The topological polar surface area (TPSA) is 47.3 Å². The first-order valence-electron chi connectivity index (χ1n) is 5.16. The van der Waals surface area contributed by atoms with Gasteiger partial charge in [-0.25, -0.2) is 4.68 Å². The minimum Gasteiger partial charge on any atom is -0.494 e. The van der Waals surface area contributed by atoms with Gasteiger partial charge in [0, 0.05) is 10.7 Å². The fourth-order valence-electron chi connectivity index (χ4n) is 1.69. The van der Waals surface area contributed by atoms with Crippen LogP contribution in [0.4, 0.5) is 0 Å². The fourth-order valence-corrected chi connectivity index (χ4v) is 1.85. The molecule has 5 heteroatoms. The molecule has 0 aliphatic carbocycles. The van der Waals surface area contributed by atoms with E-state index in [9.17, 15) is 0 Å². The van der Waals surface area contributed by atoms with Crippen LogP contribution in [-0.4, -0.2) is 22.0 Å². The van der Waals surface area contributed by atoms with Crippen LogP contribution in [0.1, 0.15) is 11.4 Å². The highest BCUT2D eigenvalue weighted by atomic mass is 35.5. The van der Waals surface area contributed by atoms with Gasteiger partial charge >= 0.3 is 0 Å². The summed E-state index contributed by atoms with van der Waals surface area (Å²) in [5.41, 5.74) is 2.29. The molecule has 0 spiro atoms. The van der Waals surface area contributed by atoms with Gasteiger partial charge in [0.2, 0.25) is 0 Å². The number of hydrogen-bond acceptors (Lipinski definition) is 3. The van der Waals surface area contributed by atoms with E-state index in [-0.39, 0.29) is 6.61 Å². The maximum Gasteiger partial charge on any atom is 0.144 e. The van der Waals surface area contributed by atoms with Crippen LogP contribution in [0.3, 0.4) is 0 Å². The zero-order valence-electron chi connectivity index (χ0n) is 9.64. The van der Waals surface area contributed by atoms with Crippen LogP contribution in [0, 0.1) is 6.92 Å². The van der Waals surface area contributed by atoms with Gasteiger partial charge in [-0.15, -0.1) is 0 Å². The average molecular weight is 253 g/mol. The maximum absolute atomic E-state index is 9.07. The number of halogens is 1. The molecule has 17 heavy (non-hydrogen) atoms. The van der Waals surface area contributed by atoms with Crippen LogP contribution in [0.25, 0.3) is 5.69 Å². The fraction of sp³-hybridized carbons (Fsp3) is 0.250. The number of aliphatic hydroxyl groups is 1. The summed E-state index contributed by atoms with van der Waals surface area (Å²) in [6.07, 6.45) is 0. The first-order chi connectivity index (χ1) is 8.15. The normalized spacial score (nSPS) is 10.6. The van der Waals surface area contributed by atoms with Crippen molar-refractivity contribution in [1.82, 2.24) is 9.78 Å². The van der Waals surface area contributed by atoms with E-state index in [0.29, 0.717) is 16.5 Å². The van der Waals surface area contributed by atoms with Crippen LogP contribution in [0.5, 0.6) is 5.75 Å². The largest absolute Gasteiger partial charge is 0.494 e. The molecule has 0 atom stereocenters. The van der Waals surface area contributed by atoms with Crippen LogP contribution in [0.2, 0.25) is 5.02 Å². The molecule has 1 N–H and O–H groups in total. The molecule has 0 saturated heterocycles. The van der Waals surface area contributed by atoms with E-state index in [1.165, 1.54) is 0 Å². The standard InChI is InChI=1S/C12H13ClN2O2/c1-8-5-10(7-16)14-15(8)11-6-9(13)3-4-12(11)17-2/h3-6,16H,7H2,1-2H3. The predicted molar refractivity (Wildman–Crippen MR) is 65.8 cm³/mol. The second-order valence-electron chi connectivity index (χ2n) is 3.66. The molecule has 2 rings (SSSR count). The Hall–Kier alpha value is -1.52. The number of aliphatic hydroxyl groups excluding tert-OH is 1. The molecule has 0 amide bonds. The highest BCUT2D eigenvalue weighted by Gasteiger charge is 2.11. The van der Waals surface area contributed by atoms with Crippen LogP contribution in [-0.2, 0) is 6.61 Å². The number of hydrogen-bond donors (Lipinski definition) is 1. The molecule has 0 fully saturated rings. The van der Waals surface area contributed by atoms with Crippen molar-refractivity contribution in [2.24, 2.45) is 0 Å². The summed E-state index contributed by atoms with van der Waals surface area (Å²) in [5.74, 6) is 0.685. The van der Waals surface area contributed by atoms with E-state index < -0.39 is 0 Å². The summed E-state index contributed by atoms with van der Waals surface area (Å²) in [6.45, 7) is 1.82. The number of ether oxygens (including phenoxy) is 1. The molecule has 4 nitrogen and oxygen atoms in total. The summed E-state index contributed by atoms with van der Waals surface area (Å²) in [5, 5.41) is 14.0. The van der Waals surface area contributed by atoms with Crippen molar-refractivity contribution >= 4 is 11.6 Å². The van der Waals surface area contributed by atoms with E-state index >= 15 is 0 Å². The highest BCUT2D eigenvalue weighted by Crippen LogP contribution is 2.27. The average Bonchev–Trinajstić information content (AvgIpc) is 2.70. The smallest absolute Gasteiger partial charge is 0.144 e. The first-order valence-corrected chi connectivity index (χ1v) is 5.54. The monoisotopic (exact) mass is 252 g/mol. The minimum atomic E-state index is -0.0866. The molecule has 0 saturated carbocycles. The van der Waals surface area contributed by atoms with Gasteiger partial charge in [0.25, 0.3) is 0 Å². The number of rotatable bonds is 3. The Morgan fingerprint density at radius 3 is 2.76 bits per heavy atom. The lowest BCUT2D eigenvalue weighted by molar-refractivity contribution is 0.276. The Morgan fingerprint density at radius 2 is 2.18 bits per heavy atom. The Kier molecular flexibility index (Phi) is 3.36. The highest BCUT2D eigenvalue weighted by molar-refractivity contribution is 6.30. The lowest BCUT2D eigenvalue weighted by Crippen LogP contribution is -2.02. The van der Waals surface area contributed by atoms with Gasteiger partial charge in [0.1, 0.15) is 11.4 Å². The molecule has 0 aliphatic heterocycles. The van der Waals surface area contributed by atoms with Crippen molar-refractivity contribution in [1.29, 1.82) is 0 Å². The van der Waals surface area contributed by atoms with Crippen molar-refractivity contribution < 1.29 is 9.84 Å². The summed E-state index contributed by atoms with van der Waals surface area (Å²) >= 11 is 5.97. The van der Waals surface area contributed by atoms with Crippen molar-refractivity contribution in [3.63, 3.8) is 0 Å². The quantitative estimate of drug-likeness (QED) is 0.912. The molecule has 1 heterocycles. The van der Waals surface area contributed by atoms with Gasteiger partial charge in [0.15, 0.2) is 0 Å². The lowest BCUT2D eigenvalue weighted by Gasteiger charge is -2.10. The van der Waals surface area contributed by atoms with Gasteiger partial charge in [-0.1, -0.05) is 11.6 Å². The van der Waals surface area contributed by atoms with Gasteiger partial charge in [-0.2, -0.15) is 5.10 Å². The van der Waals surface area contributed by atoms with Gasteiger partial charge < -0.3 is 9.84 Å². The third kappa shape index (κ3) is 2.28. The Morgan fingerprint density at radius 1 is 1.41 bits per heavy atom. The number of nitrogens with zero attached hydrogens (tertiary/aromatic N) is 2. The van der Waals surface area contributed by atoms with Crippen LogP contribution in [0.15, 0.2) is 24.3 Å². The summed E-state index contributed by atoms with van der Waals surface area (Å²) < 4.78 is 6.98. The molecule has 0 radical (unpaired) electrons. The number of methoxy groups -OCH3 is 1. The summed E-state index contributed by atoms with van der Waals surface area (Å²) in [6, 6.07) is 7.15. The van der Waals surface area contributed by atoms with E-state index in [0.717, 1.165) is 11.4 Å². The molecule has 0 unspecified atom stereocenters. The van der Waals surface area contributed by atoms with Crippen molar-refractivity contribution in [2.75, 3.05) is 7.11 Å².